The number of rotatable bonds is 4. The Bertz CT molecular complexity index is 458. The van der Waals surface area contributed by atoms with Crippen LogP contribution >= 0.6 is 0 Å². The molecule has 1 saturated carbocycles. The van der Waals surface area contributed by atoms with Crippen molar-refractivity contribution >= 4 is 0 Å². The summed E-state index contributed by atoms with van der Waals surface area (Å²) in [6, 6.07) is 4.23. The summed E-state index contributed by atoms with van der Waals surface area (Å²) >= 11 is 0. The molecular weight excluding hydrogens is 204 g/mol. The highest BCUT2D eigenvalue weighted by Crippen LogP contribution is 2.42. The van der Waals surface area contributed by atoms with Crippen molar-refractivity contribution in [3.05, 3.63) is 36.2 Å². The zero-order chi connectivity index (χ0) is 11.0. The standard InChI is InChI=1S/C11H14N4O/c12-7-9-13-11(14-16-9)10(8-3-4-8)15-5-1-2-6-15/h1-2,5-6,8,10H,3-4,7,12H2/t10-/m1/s1. The molecule has 2 aromatic rings. The Labute approximate surface area is 93.3 Å². The average Bonchev–Trinajstić information content (AvgIpc) is 2.83. The van der Waals surface area contributed by atoms with Crippen molar-refractivity contribution in [1.82, 2.24) is 14.7 Å². The summed E-state index contributed by atoms with van der Waals surface area (Å²) < 4.78 is 7.21. The van der Waals surface area contributed by atoms with E-state index in [-0.39, 0.29) is 6.04 Å². The van der Waals surface area contributed by atoms with E-state index in [0.717, 1.165) is 5.82 Å². The molecule has 0 unspecified atom stereocenters. The van der Waals surface area contributed by atoms with Crippen LogP contribution in [-0.2, 0) is 6.54 Å². The lowest BCUT2D eigenvalue weighted by molar-refractivity contribution is 0.363. The predicted molar refractivity (Wildman–Crippen MR) is 57.5 cm³/mol. The average molecular weight is 218 g/mol. The lowest BCUT2D eigenvalue weighted by Crippen LogP contribution is -2.12. The molecular formula is C11H14N4O. The summed E-state index contributed by atoms with van der Waals surface area (Å²) in [4.78, 5) is 4.32. The van der Waals surface area contributed by atoms with Gasteiger partial charge in [0, 0.05) is 12.4 Å². The summed E-state index contributed by atoms with van der Waals surface area (Å²) in [6.45, 7) is 0.302. The lowest BCUT2D eigenvalue weighted by atomic mass is 10.2. The van der Waals surface area contributed by atoms with Gasteiger partial charge in [-0.3, -0.25) is 0 Å². The number of nitrogens with two attached hydrogens (primary N) is 1. The molecule has 1 aliphatic carbocycles. The minimum Gasteiger partial charge on any atom is -0.343 e. The van der Waals surface area contributed by atoms with Gasteiger partial charge < -0.3 is 14.8 Å². The first-order valence-corrected chi connectivity index (χ1v) is 5.53. The van der Waals surface area contributed by atoms with E-state index in [1.54, 1.807) is 0 Å². The monoisotopic (exact) mass is 218 g/mol. The Morgan fingerprint density at radius 3 is 2.75 bits per heavy atom. The highest BCUT2D eigenvalue weighted by atomic mass is 16.5. The van der Waals surface area contributed by atoms with E-state index in [9.17, 15) is 0 Å². The van der Waals surface area contributed by atoms with Gasteiger partial charge in [0.05, 0.1) is 12.6 Å². The third-order valence-electron chi connectivity index (χ3n) is 2.94. The van der Waals surface area contributed by atoms with Crippen molar-refractivity contribution in [2.75, 3.05) is 0 Å². The summed E-state index contributed by atoms with van der Waals surface area (Å²) in [5.74, 6) is 1.89. The van der Waals surface area contributed by atoms with Gasteiger partial charge >= 0.3 is 0 Å². The largest absolute Gasteiger partial charge is 0.343 e. The molecule has 2 heterocycles. The van der Waals surface area contributed by atoms with Gasteiger partial charge in [-0.15, -0.1) is 0 Å². The third-order valence-corrected chi connectivity index (χ3v) is 2.94. The molecule has 0 radical (unpaired) electrons. The minimum atomic E-state index is 0.207. The Hall–Kier alpha value is -1.62. The molecule has 0 aromatic carbocycles. The van der Waals surface area contributed by atoms with Crippen molar-refractivity contribution in [1.29, 1.82) is 0 Å². The normalized spacial score (nSPS) is 17.6. The van der Waals surface area contributed by atoms with Gasteiger partial charge in [-0.05, 0) is 30.9 Å². The second-order valence-corrected chi connectivity index (χ2v) is 4.16. The van der Waals surface area contributed by atoms with Gasteiger partial charge in [0.25, 0.3) is 0 Å². The van der Waals surface area contributed by atoms with Crippen LogP contribution in [-0.4, -0.2) is 14.7 Å². The van der Waals surface area contributed by atoms with Gasteiger partial charge in [-0.1, -0.05) is 5.16 Å². The lowest BCUT2D eigenvalue weighted by Gasteiger charge is -2.13. The third kappa shape index (κ3) is 1.63. The van der Waals surface area contributed by atoms with Gasteiger partial charge in [0.2, 0.25) is 5.89 Å². The fourth-order valence-corrected chi connectivity index (χ4v) is 2.00. The quantitative estimate of drug-likeness (QED) is 0.840. The molecule has 1 atom stereocenters. The molecule has 1 aliphatic rings. The van der Waals surface area contributed by atoms with Crippen molar-refractivity contribution in [2.45, 2.75) is 25.4 Å². The molecule has 5 heteroatoms. The van der Waals surface area contributed by atoms with Gasteiger partial charge in [-0.25, -0.2) is 0 Å². The SMILES string of the molecule is NCc1nc([C@@H](C2CC2)n2cccc2)no1. The molecule has 0 saturated heterocycles. The zero-order valence-corrected chi connectivity index (χ0v) is 8.91. The first-order valence-electron chi connectivity index (χ1n) is 5.53. The van der Waals surface area contributed by atoms with E-state index in [1.807, 2.05) is 24.5 Å². The van der Waals surface area contributed by atoms with Crippen LogP contribution in [0.4, 0.5) is 0 Å². The fraction of sp³-hybridized carbons (Fsp3) is 0.455. The summed E-state index contributed by atoms with van der Waals surface area (Å²) in [5, 5.41) is 4.02. The Balaban J connectivity index is 1.93. The molecule has 0 bridgehead atoms. The molecule has 2 N–H and O–H groups in total. The Morgan fingerprint density at radius 2 is 2.19 bits per heavy atom. The second kappa shape index (κ2) is 3.75. The predicted octanol–water partition coefficient (Wildman–Crippen LogP) is 1.33. The summed E-state index contributed by atoms with van der Waals surface area (Å²) in [5.41, 5.74) is 5.47. The number of hydrogen-bond acceptors (Lipinski definition) is 4. The molecule has 3 rings (SSSR count). The van der Waals surface area contributed by atoms with Gasteiger partial charge in [0.1, 0.15) is 0 Å². The van der Waals surface area contributed by atoms with E-state index >= 15 is 0 Å². The first-order chi connectivity index (χ1) is 7.88. The van der Waals surface area contributed by atoms with Crippen LogP contribution in [0.3, 0.4) is 0 Å². The summed E-state index contributed by atoms with van der Waals surface area (Å²) in [7, 11) is 0. The van der Waals surface area contributed by atoms with E-state index in [4.69, 9.17) is 10.3 Å². The molecule has 5 nitrogen and oxygen atoms in total. The molecule has 84 valence electrons. The maximum atomic E-state index is 5.47. The molecule has 0 aliphatic heterocycles. The van der Waals surface area contributed by atoms with Crippen LogP contribution in [0, 0.1) is 5.92 Å². The number of nitrogens with zero attached hydrogens (tertiary/aromatic N) is 3. The molecule has 0 amide bonds. The van der Waals surface area contributed by atoms with Crippen LogP contribution in [0.2, 0.25) is 0 Å². The van der Waals surface area contributed by atoms with Crippen LogP contribution in [0.15, 0.2) is 29.0 Å². The van der Waals surface area contributed by atoms with E-state index in [2.05, 4.69) is 14.7 Å². The Morgan fingerprint density at radius 1 is 1.44 bits per heavy atom. The van der Waals surface area contributed by atoms with E-state index in [0.29, 0.717) is 18.4 Å². The number of hydrogen-bond donors (Lipinski definition) is 1. The first kappa shape index (κ1) is 9.59. The highest BCUT2D eigenvalue weighted by molar-refractivity contribution is 5.07. The molecule has 0 spiro atoms. The van der Waals surface area contributed by atoms with Crippen LogP contribution < -0.4 is 5.73 Å². The fourth-order valence-electron chi connectivity index (χ4n) is 2.00. The maximum Gasteiger partial charge on any atom is 0.240 e. The van der Waals surface area contributed by atoms with Gasteiger partial charge in [0.15, 0.2) is 5.82 Å². The second-order valence-electron chi connectivity index (χ2n) is 4.16. The van der Waals surface area contributed by atoms with Gasteiger partial charge in [-0.2, -0.15) is 4.98 Å². The van der Waals surface area contributed by atoms with Crippen molar-refractivity contribution in [3.63, 3.8) is 0 Å². The topological polar surface area (TPSA) is 69.9 Å². The van der Waals surface area contributed by atoms with Crippen molar-refractivity contribution in [3.8, 4) is 0 Å². The zero-order valence-electron chi connectivity index (χ0n) is 8.91. The van der Waals surface area contributed by atoms with Crippen molar-refractivity contribution in [2.24, 2.45) is 11.7 Å². The molecule has 1 fully saturated rings. The van der Waals surface area contributed by atoms with Crippen molar-refractivity contribution < 1.29 is 4.52 Å². The molecule has 16 heavy (non-hydrogen) atoms. The Kier molecular flexibility index (Phi) is 2.25. The van der Waals surface area contributed by atoms with Crippen LogP contribution in [0.1, 0.15) is 30.6 Å². The highest BCUT2D eigenvalue weighted by Gasteiger charge is 2.36. The van der Waals surface area contributed by atoms with E-state index in [1.165, 1.54) is 12.8 Å². The minimum absolute atomic E-state index is 0.207. The number of aromatic nitrogens is 3. The van der Waals surface area contributed by atoms with Crippen LogP contribution in [0.5, 0.6) is 0 Å². The molecule has 2 aromatic heterocycles. The smallest absolute Gasteiger partial charge is 0.240 e. The van der Waals surface area contributed by atoms with Crippen LogP contribution in [0.25, 0.3) is 0 Å². The van der Waals surface area contributed by atoms with E-state index < -0.39 is 0 Å². The maximum absolute atomic E-state index is 5.47. The summed E-state index contributed by atoms with van der Waals surface area (Å²) in [6.07, 6.45) is 6.55.